The van der Waals surface area contributed by atoms with Crippen molar-refractivity contribution in [3.63, 3.8) is 0 Å². The lowest BCUT2D eigenvalue weighted by Gasteiger charge is -2.30. The van der Waals surface area contributed by atoms with E-state index < -0.39 is 0 Å². The maximum atomic E-state index is 6.37. The third kappa shape index (κ3) is 3.46. The molecule has 1 saturated heterocycles. The highest BCUT2D eigenvalue weighted by molar-refractivity contribution is 5.77. The number of morpholine rings is 1. The number of fused-ring (bicyclic) bond motifs is 1. The van der Waals surface area contributed by atoms with Crippen molar-refractivity contribution in [3.8, 4) is 0 Å². The summed E-state index contributed by atoms with van der Waals surface area (Å²) in [6.07, 6.45) is 9.06. The normalized spacial score (nSPS) is 21.8. The number of nitrogens with zero attached hydrogens (tertiary/aromatic N) is 2. The van der Waals surface area contributed by atoms with Crippen molar-refractivity contribution in [2.45, 2.75) is 26.2 Å². The maximum Gasteiger partial charge on any atom is 0.129 e. The van der Waals surface area contributed by atoms with E-state index in [1.165, 1.54) is 0 Å². The lowest BCUT2D eigenvalue weighted by atomic mass is 9.89. The summed E-state index contributed by atoms with van der Waals surface area (Å²) in [5, 5.41) is 0. The van der Waals surface area contributed by atoms with Gasteiger partial charge in [-0.15, -0.1) is 0 Å². The third-order valence-corrected chi connectivity index (χ3v) is 4.49. The molecule has 1 aliphatic carbocycles. The molecular weight excluding hydrogens is 300 g/mol. The Morgan fingerprint density at radius 1 is 1.29 bits per heavy atom. The molecular formula is C19H26N4O. The van der Waals surface area contributed by atoms with Crippen molar-refractivity contribution in [2.24, 2.45) is 11.5 Å². The molecule has 0 radical (unpaired) electrons. The minimum atomic E-state index is 0.393. The zero-order chi connectivity index (χ0) is 17.1. The monoisotopic (exact) mass is 326 g/mol. The Morgan fingerprint density at radius 3 is 2.75 bits per heavy atom. The van der Waals surface area contributed by atoms with Crippen LogP contribution in [0.2, 0.25) is 0 Å². The molecule has 5 nitrogen and oxygen atoms in total. The molecule has 1 unspecified atom stereocenters. The van der Waals surface area contributed by atoms with E-state index >= 15 is 0 Å². The molecule has 4 N–H and O–H groups in total. The van der Waals surface area contributed by atoms with Gasteiger partial charge in [-0.1, -0.05) is 19.1 Å². The Labute approximate surface area is 143 Å². The van der Waals surface area contributed by atoms with Crippen LogP contribution in [0.1, 0.15) is 43.0 Å². The van der Waals surface area contributed by atoms with E-state index in [1.807, 2.05) is 19.1 Å². The summed E-state index contributed by atoms with van der Waals surface area (Å²) in [4.78, 5) is 7.23. The van der Waals surface area contributed by atoms with Crippen molar-refractivity contribution in [2.75, 3.05) is 31.2 Å². The van der Waals surface area contributed by atoms with Crippen molar-refractivity contribution in [1.82, 2.24) is 4.98 Å². The van der Waals surface area contributed by atoms with Crippen LogP contribution in [-0.4, -0.2) is 31.3 Å². The molecule has 1 aromatic rings. The quantitative estimate of drug-likeness (QED) is 0.835. The number of aromatic nitrogens is 1. The summed E-state index contributed by atoms with van der Waals surface area (Å²) in [6.45, 7) is 7.27. The smallest absolute Gasteiger partial charge is 0.129 e. The number of nitrogens with two attached hydrogens (primary N) is 2. The number of pyridine rings is 1. The van der Waals surface area contributed by atoms with Crippen LogP contribution in [0, 0.1) is 0 Å². The van der Waals surface area contributed by atoms with Gasteiger partial charge in [0.25, 0.3) is 0 Å². The highest BCUT2D eigenvalue weighted by atomic mass is 16.5. The van der Waals surface area contributed by atoms with Gasteiger partial charge in [-0.3, -0.25) is 0 Å². The number of allylic oxidation sites excluding steroid dienone is 4. The summed E-state index contributed by atoms with van der Waals surface area (Å²) >= 11 is 0. The molecule has 2 heterocycles. The standard InChI is InChI=1S/C19H26N4O/c1-13-4-3-5-15-16(17(21)7-6-14(2)20)12-18(22-19(13)15)23-8-10-24-11-9-23/h3,5-7,12-13H,4,8-11,20-21H2,1-2H3/b14-6-,17-7-. The van der Waals surface area contributed by atoms with Crippen LogP contribution in [0.5, 0.6) is 0 Å². The van der Waals surface area contributed by atoms with Gasteiger partial charge in [0, 0.05) is 41.5 Å². The zero-order valence-corrected chi connectivity index (χ0v) is 14.5. The zero-order valence-electron chi connectivity index (χ0n) is 14.5. The molecule has 1 aromatic heterocycles. The Hall–Kier alpha value is -2.27. The van der Waals surface area contributed by atoms with Gasteiger partial charge in [0.15, 0.2) is 0 Å². The second kappa shape index (κ2) is 7.09. The lowest BCUT2D eigenvalue weighted by molar-refractivity contribution is 0.122. The summed E-state index contributed by atoms with van der Waals surface area (Å²) in [6, 6.07) is 2.10. The summed E-state index contributed by atoms with van der Waals surface area (Å²) in [5.41, 5.74) is 16.8. The predicted molar refractivity (Wildman–Crippen MR) is 99.4 cm³/mol. The SMILES string of the molecule is C/C(N)=C/C=C(\N)c1cc(N2CCOCC2)nc2c1C=CCC2C. The third-order valence-electron chi connectivity index (χ3n) is 4.49. The molecule has 1 fully saturated rings. The molecule has 1 atom stereocenters. The van der Waals surface area contributed by atoms with E-state index in [9.17, 15) is 0 Å². The fourth-order valence-electron chi connectivity index (χ4n) is 3.12. The number of ether oxygens (including phenoxy) is 1. The average Bonchev–Trinajstić information content (AvgIpc) is 2.60. The molecule has 24 heavy (non-hydrogen) atoms. The van der Waals surface area contributed by atoms with Gasteiger partial charge in [0.2, 0.25) is 0 Å². The molecule has 3 rings (SSSR count). The first kappa shape index (κ1) is 16.6. The first-order valence-electron chi connectivity index (χ1n) is 8.50. The van der Waals surface area contributed by atoms with Crippen molar-refractivity contribution in [3.05, 3.63) is 46.8 Å². The number of rotatable bonds is 3. The first-order valence-corrected chi connectivity index (χ1v) is 8.50. The van der Waals surface area contributed by atoms with E-state index in [4.69, 9.17) is 21.2 Å². The predicted octanol–water partition coefficient (Wildman–Crippen LogP) is 2.60. The minimum Gasteiger partial charge on any atom is -0.402 e. The minimum absolute atomic E-state index is 0.393. The molecule has 1 aliphatic heterocycles. The molecule has 0 amide bonds. The lowest BCUT2D eigenvalue weighted by Crippen LogP contribution is -2.37. The van der Waals surface area contributed by atoms with Gasteiger partial charge in [0.05, 0.1) is 18.9 Å². The van der Waals surface area contributed by atoms with Gasteiger partial charge in [-0.2, -0.15) is 0 Å². The van der Waals surface area contributed by atoms with E-state index in [1.54, 1.807) is 0 Å². The van der Waals surface area contributed by atoms with E-state index in [-0.39, 0.29) is 0 Å². The van der Waals surface area contributed by atoms with Crippen LogP contribution in [-0.2, 0) is 4.74 Å². The number of hydrogen-bond donors (Lipinski definition) is 2. The average molecular weight is 326 g/mol. The summed E-state index contributed by atoms with van der Waals surface area (Å²) in [5.74, 6) is 1.38. The number of anilines is 1. The topological polar surface area (TPSA) is 77.4 Å². The van der Waals surface area contributed by atoms with Gasteiger partial charge < -0.3 is 21.1 Å². The Bertz CT molecular complexity index is 696. The highest BCUT2D eigenvalue weighted by Crippen LogP contribution is 2.34. The summed E-state index contributed by atoms with van der Waals surface area (Å²) in [7, 11) is 0. The van der Waals surface area contributed by atoms with Crippen LogP contribution in [0.15, 0.2) is 30.0 Å². The van der Waals surface area contributed by atoms with Gasteiger partial charge in [-0.25, -0.2) is 4.98 Å². The highest BCUT2D eigenvalue weighted by Gasteiger charge is 2.22. The van der Waals surface area contributed by atoms with Crippen LogP contribution in [0.25, 0.3) is 11.8 Å². The second-order valence-electron chi connectivity index (χ2n) is 6.50. The molecule has 0 saturated carbocycles. The fraction of sp³-hybridized carbons (Fsp3) is 0.421. The fourth-order valence-corrected chi connectivity index (χ4v) is 3.12. The molecule has 0 spiro atoms. The molecule has 0 bridgehead atoms. The Kier molecular flexibility index (Phi) is 4.90. The van der Waals surface area contributed by atoms with Gasteiger partial charge in [-0.05, 0) is 31.6 Å². The van der Waals surface area contributed by atoms with Gasteiger partial charge in [0.1, 0.15) is 5.82 Å². The largest absolute Gasteiger partial charge is 0.402 e. The van der Waals surface area contributed by atoms with Crippen LogP contribution in [0.4, 0.5) is 5.82 Å². The van der Waals surface area contributed by atoms with Crippen molar-refractivity contribution >= 4 is 17.6 Å². The first-order chi connectivity index (χ1) is 11.6. The Morgan fingerprint density at radius 2 is 2.04 bits per heavy atom. The van der Waals surface area contributed by atoms with Crippen molar-refractivity contribution in [1.29, 1.82) is 0 Å². The second-order valence-corrected chi connectivity index (χ2v) is 6.50. The molecule has 5 heteroatoms. The molecule has 0 aromatic carbocycles. The van der Waals surface area contributed by atoms with Gasteiger partial charge >= 0.3 is 0 Å². The number of hydrogen-bond acceptors (Lipinski definition) is 5. The van der Waals surface area contributed by atoms with E-state index in [2.05, 4.69) is 30.0 Å². The van der Waals surface area contributed by atoms with E-state index in [0.717, 1.165) is 61.1 Å². The van der Waals surface area contributed by atoms with Crippen LogP contribution in [0.3, 0.4) is 0 Å². The molecule has 128 valence electrons. The van der Waals surface area contributed by atoms with E-state index in [0.29, 0.717) is 11.6 Å². The van der Waals surface area contributed by atoms with Crippen LogP contribution < -0.4 is 16.4 Å². The molecule has 2 aliphatic rings. The summed E-state index contributed by atoms with van der Waals surface area (Å²) < 4.78 is 5.46. The maximum absolute atomic E-state index is 6.37. The van der Waals surface area contributed by atoms with Crippen LogP contribution >= 0.6 is 0 Å². The van der Waals surface area contributed by atoms with Crippen molar-refractivity contribution < 1.29 is 4.74 Å². The Balaban J connectivity index is 2.08.